The molecule has 0 heterocycles. The molecule has 2 N–H and O–H groups in total. The van der Waals surface area contributed by atoms with Crippen LogP contribution in [0.25, 0.3) is 0 Å². The number of nitrogens with two attached hydrogens (primary N) is 1. The zero-order valence-corrected chi connectivity index (χ0v) is 13.6. The van der Waals surface area contributed by atoms with Crippen molar-refractivity contribution in [2.45, 2.75) is 57.9 Å². The molecule has 2 atom stereocenters. The number of rotatable bonds is 7. The number of likely N-dealkylation sites (N-methyl/N-ethyl adjacent to an activating group) is 1. The minimum atomic E-state index is 0.284. The van der Waals surface area contributed by atoms with E-state index >= 15 is 0 Å². The Hall–Kier alpha value is -0.120. The molecule has 0 aliphatic heterocycles. The number of hydrogen-bond donors (Lipinski definition) is 1. The van der Waals surface area contributed by atoms with Gasteiger partial charge in [-0.15, -0.1) is 0 Å². The van der Waals surface area contributed by atoms with Crippen LogP contribution in [0.3, 0.4) is 0 Å². The Kier molecular flexibility index (Phi) is 7.33. The van der Waals surface area contributed by atoms with Gasteiger partial charge in [0.15, 0.2) is 0 Å². The summed E-state index contributed by atoms with van der Waals surface area (Å²) in [6.45, 7) is 9.03. The fourth-order valence-corrected chi connectivity index (χ4v) is 3.52. The maximum atomic E-state index is 6.21. The molecular weight excluding hydrogens is 234 g/mol. The second-order valence-corrected chi connectivity index (χ2v) is 6.70. The SMILES string of the molecule is CCN(CCCN(C)C)C1(CN)CCCC(C)CC1. The first-order valence-electron chi connectivity index (χ1n) is 8.14. The third-order valence-electron chi connectivity index (χ3n) is 4.91. The van der Waals surface area contributed by atoms with Crippen molar-refractivity contribution in [3.8, 4) is 0 Å². The van der Waals surface area contributed by atoms with Crippen molar-refractivity contribution in [3.05, 3.63) is 0 Å². The van der Waals surface area contributed by atoms with Gasteiger partial charge in [-0.2, -0.15) is 0 Å². The summed E-state index contributed by atoms with van der Waals surface area (Å²) in [5, 5.41) is 0. The Labute approximate surface area is 120 Å². The van der Waals surface area contributed by atoms with Gasteiger partial charge in [0.05, 0.1) is 0 Å². The van der Waals surface area contributed by atoms with Gasteiger partial charge in [-0.05, 0) is 65.3 Å². The molecule has 2 unspecified atom stereocenters. The minimum Gasteiger partial charge on any atom is -0.329 e. The highest BCUT2D eigenvalue weighted by Gasteiger charge is 2.35. The lowest BCUT2D eigenvalue weighted by molar-refractivity contribution is 0.0790. The molecule has 1 saturated carbocycles. The summed E-state index contributed by atoms with van der Waals surface area (Å²) >= 11 is 0. The molecule has 3 heteroatoms. The molecule has 1 fully saturated rings. The molecule has 1 aliphatic rings. The number of nitrogens with zero attached hydrogens (tertiary/aromatic N) is 2. The molecule has 0 aromatic carbocycles. The minimum absolute atomic E-state index is 0.284. The van der Waals surface area contributed by atoms with Crippen LogP contribution in [0.4, 0.5) is 0 Å². The monoisotopic (exact) mass is 269 g/mol. The topological polar surface area (TPSA) is 32.5 Å². The zero-order chi connectivity index (χ0) is 14.3. The van der Waals surface area contributed by atoms with Gasteiger partial charge in [0.25, 0.3) is 0 Å². The largest absolute Gasteiger partial charge is 0.329 e. The molecular formula is C16H35N3. The normalized spacial score (nSPS) is 28.9. The van der Waals surface area contributed by atoms with Crippen molar-refractivity contribution in [1.82, 2.24) is 9.80 Å². The van der Waals surface area contributed by atoms with E-state index in [-0.39, 0.29) is 5.54 Å². The zero-order valence-electron chi connectivity index (χ0n) is 13.6. The third kappa shape index (κ3) is 5.05. The summed E-state index contributed by atoms with van der Waals surface area (Å²) in [5.74, 6) is 0.883. The van der Waals surface area contributed by atoms with Crippen LogP contribution < -0.4 is 5.73 Å². The molecule has 1 aliphatic carbocycles. The van der Waals surface area contributed by atoms with E-state index in [9.17, 15) is 0 Å². The average Bonchev–Trinajstić information content (AvgIpc) is 2.57. The first-order chi connectivity index (χ1) is 9.04. The lowest BCUT2D eigenvalue weighted by Gasteiger charge is -2.43. The summed E-state index contributed by atoms with van der Waals surface area (Å²) in [6.07, 6.45) is 7.92. The lowest BCUT2D eigenvalue weighted by Crippen LogP contribution is -2.54. The van der Waals surface area contributed by atoms with Crippen LogP contribution in [-0.2, 0) is 0 Å². The van der Waals surface area contributed by atoms with E-state index in [2.05, 4.69) is 37.7 Å². The Morgan fingerprint density at radius 3 is 2.47 bits per heavy atom. The molecule has 0 amide bonds. The highest BCUT2D eigenvalue weighted by atomic mass is 15.2. The van der Waals surface area contributed by atoms with Gasteiger partial charge < -0.3 is 10.6 Å². The Bertz CT molecular complexity index is 242. The van der Waals surface area contributed by atoms with Crippen molar-refractivity contribution in [1.29, 1.82) is 0 Å². The van der Waals surface area contributed by atoms with Gasteiger partial charge in [-0.3, -0.25) is 4.90 Å². The fourth-order valence-electron chi connectivity index (χ4n) is 3.52. The molecule has 0 aromatic rings. The Morgan fingerprint density at radius 2 is 1.89 bits per heavy atom. The van der Waals surface area contributed by atoms with Crippen molar-refractivity contribution >= 4 is 0 Å². The van der Waals surface area contributed by atoms with Gasteiger partial charge in [-0.25, -0.2) is 0 Å². The standard InChI is InChI=1S/C16H35N3/c1-5-19(13-7-12-18(3)4)16(14-17)10-6-8-15(2)9-11-16/h15H,5-14,17H2,1-4H3. The first-order valence-corrected chi connectivity index (χ1v) is 8.14. The molecule has 1 rings (SSSR count). The van der Waals surface area contributed by atoms with Crippen LogP contribution in [0.1, 0.15) is 52.4 Å². The predicted molar refractivity (Wildman–Crippen MR) is 84.5 cm³/mol. The van der Waals surface area contributed by atoms with Gasteiger partial charge in [0.2, 0.25) is 0 Å². The summed E-state index contributed by atoms with van der Waals surface area (Å²) in [4.78, 5) is 4.95. The van der Waals surface area contributed by atoms with E-state index in [0.717, 1.165) is 19.0 Å². The van der Waals surface area contributed by atoms with Gasteiger partial charge in [0, 0.05) is 12.1 Å². The van der Waals surface area contributed by atoms with Gasteiger partial charge in [-0.1, -0.05) is 26.7 Å². The molecule has 0 spiro atoms. The van der Waals surface area contributed by atoms with E-state index in [1.165, 1.54) is 51.6 Å². The number of hydrogen-bond acceptors (Lipinski definition) is 3. The Balaban J connectivity index is 2.61. The second kappa shape index (κ2) is 8.23. The van der Waals surface area contributed by atoms with Crippen molar-refractivity contribution in [3.63, 3.8) is 0 Å². The van der Waals surface area contributed by atoms with Crippen LogP contribution in [0.15, 0.2) is 0 Å². The molecule has 114 valence electrons. The molecule has 0 aromatic heterocycles. The predicted octanol–water partition coefficient (Wildman–Crippen LogP) is 2.56. The highest BCUT2D eigenvalue weighted by Crippen LogP contribution is 2.34. The fraction of sp³-hybridized carbons (Fsp3) is 1.00. The van der Waals surface area contributed by atoms with E-state index < -0.39 is 0 Å². The maximum absolute atomic E-state index is 6.21. The van der Waals surface area contributed by atoms with E-state index in [0.29, 0.717) is 0 Å². The molecule has 19 heavy (non-hydrogen) atoms. The van der Waals surface area contributed by atoms with Gasteiger partial charge >= 0.3 is 0 Å². The summed E-state index contributed by atoms with van der Waals surface area (Å²) in [6, 6.07) is 0. The third-order valence-corrected chi connectivity index (χ3v) is 4.91. The maximum Gasteiger partial charge on any atom is 0.0331 e. The summed E-state index contributed by atoms with van der Waals surface area (Å²) in [7, 11) is 4.31. The summed E-state index contributed by atoms with van der Waals surface area (Å²) < 4.78 is 0. The average molecular weight is 269 g/mol. The highest BCUT2D eigenvalue weighted by molar-refractivity contribution is 4.93. The van der Waals surface area contributed by atoms with E-state index in [1.54, 1.807) is 0 Å². The molecule has 3 nitrogen and oxygen atoms in total. The van der Waals surface area contributed by atoms with Crippen LogP contribution >= 0.6 is 0 Å². The van der Waals surface area contributed by atoms with Crippen LogP contribution in [0.5, 0.6) is 0 Å². The smallest absolute Gasteiger partial charge is 0.0331 e. The van der Waals surface area contributed by atoms with Crippen molar-refractivity contribution in [2.75, 3.05) is 40.3 Å². The van der Waals surface area contributed by atoms with Crippen molar-refractivity contribution in [2.24, 2.45) is 11.7 Å². The van der Waals surface area contributed by atoms with Crippen LogP contribution in [-0.4, -0.2) is 55.6 Å². The molecule has 0 radical (unpaired) electrons. The molecule has 0 bridgehead atoms. The summed E-state index contributed by atoms with van der Waals surface area (Å²) in [5.41, 5.74) is 6.49. The second-order valence-electron chi connectivity index (χ2n) is 6.70. The van der Waals surface area contributed by atoms with E-state index in [1.807, 2.05) is 0 Å². The lowest BCUT2D eigenvalue weighted by atomic mass is 9.87. The quantitative estimate of drug-likeness (QED) is 0.721. The Morgan fingerprint density at radius 1 is 1.16 bits per heavy atom. The van der Waals surface area contributed by atoms with Crippen molar-refractivity contribution < 1.29 is 0 Å². The van der Waals surface area contributed by atoms with E-state index in [4.69, 9.17) is 5.73 Å². The van der Waals surface area contributed by atoms with Crippen LogP contribution in [0.2, 0.25) is 0 Å². The van der Waals surface area contributed by atoms with Crippen LogP contribution in [0, 0.1) is 5.92 Å². The molecule has 0 saturated heterocycles. The first kappa shape index (κ1) is 16.9. The van der Waals surface area contributed by atoms with Gasteiger partial charge in [0.1, 0.15) is 0 Å².